The summed E-state index contributed by atoms with van der Waals surface area (Å²) in [6.45, 7) is 2.40. The van der Waals surface area contributed by atoms with Gasteiger partial charge in [0.15, 0.2) is 0 Å². The molecule has 0 heterocycles. The summed E-state index contributed by atoms with van der Waals surface area (Å²) in [5.41, 5.74) is 16.3. The van der Waals surface area contributed by atoms with E-state index in [-0.39, 0.29) is 5.41 Å². The van der Waals surface area contributed by atoms with Crippen LogP contribution in [-0.4, -0.2) is 0 Å². The Morgan fingerprint density at radius 1 is 0.283 bits per heavy atom. The predicted molar refractivity (Wildman–Crippen MR) is 256 cm³/mol. The molecule has 0 fully saturated rings. The summed E-state index contributed by atoms with van der Waals surface area (Å²) in [4.78, 5) is 0. The largest absolute Gasteiger partial charge is 0.0622 e. The van der Waals surface area contributed by atoms with Gasteiger partial charge in [0, 0.05) is 5.41 Å². The summed E-state index contributed by atoms with van der Waals surface area (Å²) in [6, 6.07) is 83.4. The van der Waals surface area contributed by atoms with Crippen LogP contribution in [-0.2, 0) is 5.41 Å². The minimum absolute atomic E-state index is 0.249. The van der Waals surface area contributed by atoms with E-state index in [0.29, 0.717) is 0 Å². The molecule has 1 aliphatic rings. The molecule has 0 aromatic heterocycles. The first kappa shape index (κ1) is 34.5. The molecule has 0 spiro atoms. The molecule has 0 saturated heterocycles. The molecular formula is C60H40. The lowest BCUT2D eigenvalue weighted by molar-refractivity contribution is 0.715. The molecule has 0 N–H and O–H groups in total. The van der Waals surface area contributed by atoms with Crippen molar-refractivity contribution in [1.82, 2.24) is 0 Å². The van der Waals surface area contributed by atoms with Crippen molar-refractivity contribution >= 4 is 43.1 Å². The quantitative estimate of drug-likeness (QED) is 0.121. The van der Waals surface area contributed by atoms with Crippen LogP contribution < -0.4 is 0 Å². The summed E-state index contributed by atoms with van der Waals surface area (Å²) in [6.07, 6.45) is 0. The Kier molecular flexibility index (Phi) is 7.77. The van der Waals surface area contributed by atoms with Crippen molar-refractivity contribution in [3.8, 4) is 55.6 Å². The van der Waals surface area contributed by atoms with E-state index in [1.807, 2.05) is 0 Å². The van der Waals surface area contributed by atoms with Crippen LogP contribution in [0.5, 0.6) is 0 Å². The van der Waals surface area contributed by atoms with Gasteiger partial charge in [0.05, 0.1) is 0 Å². The van der Waals surface area contributed by atoms with Gasteiger partial charge in [-0.25, -0.2) is 0 Å². The van der Waals surface area contributed by atoms with E-state index >= 15 is 0 Å². The number of rotatable bonds is 5. The Balaban J connectivity index is 1.09. The van der Waals surface area contributed by atoms with Crippen LogP contribution in [0.2, 0.25) is 0 Å². The highest BCUT2D eigenvalue weighted by Crippen LogP contribution is 2.54. The second-order valence-corrected chi connectivity index (χ2v) is 16.5. The first-order chi connectivity index (χ1) is 29.6. The maximum absolute atomic E-state index is 2.47. The molecule has 0 aliphatic heterocycles. The third-order valence-corrected chi connectivity index (χ3v) is 13.3. The van der Waals surface area contributed by atoms with Gasteiger partial charge in [-0.1, -0.05) is 200 Å². The third kappa shape index (κ3) is 5.17. The molecule has 11 aromatic carbocycles. The highest BCUT2D eigenvalue weighted by atomic mass is 14.4. The van der Waals surface area contributed by atoms with Crippen molar-refractivity contribution < 1.29 is 0 Å². The summed E-state index contributed by atoms with van der Waals surface area (Å²) in [7, 11) is 0. The Labute approximate surface area is 350 Å². The standard InChI is InChI=1S/C60H40/c1-60(46-22-9-4-10-23-46)55-28-16-15-25-49(55)54-36-42-29-30-43(35-45(42)38-56(54)60)47-33-32-44(37-53(47)39-17-5-2-6-18-39)57-50-26-13-14-27-51(50)58(41-20-7-3-8-21-41)59-48-24-12-11-19-40(48)31-34-52(57)59/h2-38H,1H3. The van der Waals surface area contributed by atoms with Crippen molar-refractivity contribution in [2.75, 3.05) is 0 Å². The van der Waals surface area contributed by atoms with Gasteiger partial charge in [0.2, 0.25) is 0 Å². The maximum Gasteiger partial charge on any atom is 0.0435 e. The molecule has 12 rings (SSSR count). The normalized spacial score (nSPS) is 14.5. The lowest BCUT2D eigenvalue weighted by Crippen LogP contribution is -2.22. The van der Waals surface area contributed by atoms with E-state index in [9.17, 15) is 0 Å². The fourth-order valence-corrected chi connectivity index (χ4v) is 10.5. The van der Waals surface area contributed by atoms with Crippen LogP contribution in [0.25, 0.3) is 98.7 Å². The van der Waals surface area contributed by atoms with Crippen LogP contribution in [0.1, 0.15) is 23.6 Å². The Morgan fingerprint density at radius 3 is 1.68 bits per heavy atom. The van der Waals surface area contributed by atoms with Gasteiger partial charge in [-0.15, -0.1) is 0 Å². The van der Waals surface area contributed by atoms with E-state index in [1.54, 1.807) is 0 Å². The Hall–Kier alpha value is -7.54. The van der Waals surface area contributed by atoms with Gasteiger partial charge >= 0.3 is 0 Å². The maximum atomic E-state index is 2.47. The van der Waals surface area contributed by atoms with Crippen LogP contribution in [0.4, 0.5) is 0 Å². The van der Waals surface area contributed by atoms with Crippen LogP contribution in [0.15, 0.2) is 224 Å². The molecule has 280 valence electrons. The summed E-state index contributed by atoms with van der Waals surface area (Å²) >= 11 is 0. The number of benzene rings is 11. The molecule has 1 unspecified atom stereocenters. The van der Waals surface area contributed by atoms with Crippen molar-refractivity contribution in [3.63, 3.8) is 0 Å². The van der Waals surface area contributed by atoms with Gasteiger partial charge in [-0.05, 0) is 147 Å². The van der Waals surface area contributed by atoms with Crippen LogP contribution >= 0.6 is 0 Å². The lowest BCUT2D eigenvalue weighted by atomic mass is 9.74. The Bertz CT molecular complexity index is 3470. The van der Waals surface area contributed by atoms with Gasteiger partial charge < -0.3 is 0 Å². The highest BCUT2D eigenvalue weighted by Gasteiger charge is 2.40. The molecule has 1 aliphatic carbocycles. The zero-order valence-electron chi connectivity index (χ0n) is 33.4. The number of fused-ring (bicyclic) bond motifs is 8. The molecule has 11 aromatic rings. The molecule has 0 nitrogen and oxygen atoms in total. The molecule has 1 atom stereocenters. The monoisotopic (exact) mass is 760 g/mol. The molecule has 60 heavy (non-hydrogen) atoms. The molecular weight excluding hydrogens is 721 g/mol. The number of hydrogen-bond donors (Lipinski definition) is 0. The van der Waals surface area contributed by atoms with Crippen molar-refractivity contribution in [2.24, 2.45) is 0 Å². The highest BCUT2D eigenvalue weighted by molar-refractivity contribution is 6.28. The van der Waals surface area contributed by atoms with Crippen molar-refractivity contribution in [2.45, 2.75) is 12.3 Å². The summed E-state index contributed by atoms with van der Waals surface area (Å²) < 4.78 is 0. The van der Waals surface area contributed by atoms with E-state index in [0.717, 1.165) is 0 Å². The molecule has 0 amide bonds. The second-order valence-electron chi connectivity index (χ2n) is 16.5. The second kappa shape index (κ2) is 13.5. The average molecular weight is 761 g/mol. The fraction of sp³-hybridized carbons (Fsp3) is 0.0333. The summed E-state index contributed by atoms with van der Waals surface area (Å²) in [5.74, 6) is 0. The SMILES string of the molecule is CC1(c2ccccc2)c2ccccc2-c2cc3ccc(-c4ccc(-c5c6ccccc6c(-c6ccccc6)c6c5ccc5ccccc56)cc4-c4ccccc4)cc3cc21. The smallest absolute Gasteiger partial charge is 0.0435 e. The van der Waals surface area contributed by atoms with Gasteiger partial charge in [-0.3, -0.25) is 0 Å². The van der Waals surface area contributed by atoms with Crippen LogP contribution in [0, 0.1) is 0 Å². The average Bonchev–Trinajstić information content (AvgIpc) is 3.57. The molecule has 0 bridgehead atoms. The predicted octanol–water partition coefficient (Wildman–Crippen LogP) is 16.3. The number of hydrogen-bond acceptors (Lipinski definition) is 0. The van der Waals surface area contributed by atoms with Crippen LogP contribution in [0.3, 0.4) is 0 Å². The minimum atomic E-state index is -0.249. The van der Waals surface area contributed by atoms with Gasteiger partial charge in [0.25, 0.3) is 0 Å². The van der Waals surface area contributed by atoms with Crippen molar-refractivity contribution in [1.29, 1.82) is 0 Å². The zero-order chi connectivity index (χ0) is 39.8. The van der Waals surface area contributed by atoms with Crippen molar-refractivity contribution in [3.05, 3.63) is 241 Å². The van der Waals surface area contributed by atoms with E-state index < -0.39 is 0 Å². The fourth-order valence-electron chi connectivity index (χ4n) is 10.5. The van der Waals surface area contributed by atoms with E-state index in [4.69, 9.17) is 0 Å². The lowest BCUT2D eigenvalue weighted by Gasteiger charge is -2.28. The van der Waals surface area contributed by atoms with E-state index in [1.165, 1.54) is 115 Å². The molecule has 0 saturated carbocycles. The van der Waals surface area contributed by atoms with Gasteiger partial charge in [-0.2, -0.15) is 0 Å². The van der Waals surface area contributed by atoms with Gasteiger partial charge in [0.1, 0.15) is 0 Å². The topological polar surface area (TPSA) is 0 Å². The third-order valence-electron chi connectivity index (χ3n) is 13.3. The zero-order valence-corrected chi connectivity index (χ0v) is 33.4. The first-order valence-corrected chi connectivity index (χ1v) is 21.0. The summed E-state index contributed by atoms with van der Waals surface area (Å²) in [5, 5.41) is 10.1. The minimum Gasteiger partial charge on any atom is -0.0622 e. The first-order valence-electron chi connectivity index (χ1n) is 21.0. The molecule has 0 radical (unpaired) electrons. The Morgan fingerprint density at radius 2 is 0.900 bits per heavy atom. The molecule has 0 heteroatoms. The van der Waals surface area contributed by atoms with E-state index in [2.05, 4.69) is 231 Å².